The number of rotatable bonds is 1. The Hall–Kier alpha value is -2.70. The summed E-state index contributed by atoms with van der Waals surface area (Å²) in [5.74, 6) is 0. The summed E-state index contributed by atoms with van der Waals surface area (Å²) in [6.45, 7) is 2.25. The zero-order chi connectivity index (χ0) is 15.2. The van der Waals surface area contributed by atoms with Gasteiger partial charge in [0, 0.05) is 28.0 Å². The molecule has 4 rings (SSSR count). The molecule has 0 spiro atoms. The summed E-state index contributed by atoms with van der Waals surface area (Å²) in [5, 5.41) is 0. The summed E-state index contributed by atoms with van der Waals surface area (Å²) in [6.07, 6.45) is 8.42. The summed E-state index contributed by atoms with van der Waals surface area (Å²) >= 11 is 0. The molecule has 2 atom stereocenters. The Morgan fingerprint density at radius 1 is 1.09 bits per heavy atom. The molecule has 2 aromatic carbocycles. The van der Waals surface area contributed by atoms with Crippen molar-refractivity contribution in [1.82, 2.24) is 0 Å². The van der Waals surface area contributed by atoms with Crippen molar-refractivity contribution in [3.05, 3.63) is 84.1 Å². The number of nitrogens with two attached hydrogens (primary N) is 1. The molecule has 108 valence electrons. The SMILES string of the molecule is CC12C=CC=C=CC1N(c1ccccc1)c1cccc(N)c12. The van der Waals surface area contributed by atoms with Gasteiger partial charge in [0.05, 0.1) is 6.04 Å². The standard InChI is InChI=1S/C20H18N2/c1-20-14-7-3-6-13-18(20)22(15-9-4-2-5-10-15)17-12-8-11-16(21)19(17)20/h2-5,7-14,18H,21H2,1H3. The van der Waals surface area contributed by atoms with E-state index in [1.807, 2.05) is 24.3 Å². The van der Waals surface area contributed by atoms with Crippen LogP contribution in [0.4, 0.5) is 17.1 Å². The minimum absolute atomic E-state index is 0.156. The van der Waals surface area contributed by atoms with Crippen LogP contribution in [0, 0.1) is 0 Å². The van der Waals surface area contributed by atoms with E-state index in [1.165, 1.54) is 16.9 Å². The molecule has 2 N–H and O–H groups in total. The molecule has 1 heterocycles. The second-order valence-electron chi connectivity index (χ2n) is 6.03. The lowest BCUT2D eigenvalue weighted by Gasteiger charge is -2.32. The van der Waals surface area contributed by atoms with Gasteiger partial charge in [0.15, 0.2) is 0 Å². The molecule has 0 saturated carbocycles. The number of anilines is 3. The van der Waals surface area contributed by atoms with Gasteiger partial charge in [0.2, 0.25) is 0 Å². The third-order valence-electron chi connectivity index (χ3n) is 4.69. The van der Waals surface area contributed by atoms with Gasteiger partial charge in [0.1, 0.15) is 0 Å². The Kier molecular flexibility index (Phi) is 2.75. The topological polar surface area (TPSA) is 29.3 Å². The number of hydrogen-bond donors (Lipinski definition) is 1. The van der Waals surface area contributed by atoms with E-state index in [0.29, 0.717) is 0 Å². The highest BCUT2D eigenvalue weighted by molar-refractivity contribution is 5.81. The third-order valence-corrected chi connectivity index (χ3v) is 4.69. The molecular weight excluding hydrogens is 268 g/mol. The number of hydrogen-bond acceptors (Lipinski definition) is 2. The fourth-order valence-corrected chi connectivity index (χ4v) is 3.68. The van der Waals surface area contributed by atoms with Crippen molar-refractivity contribution in [1.29, 1.82) is 0 Å². The van der Waals surface area contributed by atoms with Gasteiger partial charge >= 0.3 is 0 Å². The van der Waals surface area contributed by atoms with Crippen molar-refractivity contribution in [2.45, 2.75) is 18.4 Å². The lowest BCUT2D eigenvalue weighted by Crippen LogP contribution is -2.38. The summed E-state index contributed by atoms with van der Waals surface area (Å²) < 4.78 is 0. The number of fused-ring (bicyclic) bond motifs is 3. The molecule has 2 aliphatic rings. The van der Waals surface area contributed by atoms with Crippen molar-refractivity contribution in [2.75, 3.05) is 10.6 Å². The van der Waals surface area contributed by atoms with Gasteiger partial charge in [-0.15, -0.1) is 5.73 Å². The van der Waals surface area contributed by atoms with Crippen LogP contribution in [0.1, 0.15) is 12.5 Å². The van der Waals surface area contributed by atoms with Crippen LogP contribution >= 0.6 is 0 Å². The Morgan fingerprint density at radius 3 is 2.73 bits per heavy atom. The van der Waals surface area contributed by atoms with Gasteiger partial charge in [-0.2, -0.15) is 0 Å². The van der Waals surface area contributed by atoms with Gasteiger partial charge in [-0.1, -0.05) is 36.4 Å². The maximum Gasteiger partial charge on any atom is 0.0726 e. The normalized spacial score (nSPS) is 25.0. The second kappa shape index (κ2) is 4.66. The molecule has 0 amide bonds. The zero-order valence-corrected chi connectivity index (χ0v) is 12.5. The van der Waals surface area contributed by atoms with Gasteiger partial charge in [-0.25, -0.2) is 0 Å². The smallest absolute Gasteiger partial charge is 0.0726 e. The van der Waals surface area contributed by atoms with Crippen molar-refractivity contribution >= 4 is 17.1 Å². The van der Waals surface area contributed by atoms with E-state index in [2.05, 4.69) is 66.1 Å². The van der Waals surface area contributed by atoms with Crippen LogP contribution < -0.4 is 10.6 Å². The molecular formula is C20H18N2. The quantitative estimate of drug-likeness (QED) is 0.624. The number of para-hydroxylation sites is 1. The van der Waals surface area contributed by atoms with Gasteiger partial charge in [-0.05, 0) is 43.3 Å². The molecule has 0 fully saturated rings. The summed E-state index contributed by atoms with van der Waals surface area (Å²) in [7, 11) is 0. The number of allylic oxidation sites excluding steroid dienone is 1. The highest BCUT2D eigenvalue weighted by atomic mass is 15.2. The highest BCUT2D eigenvalue weighted by Crippen LogP contribution is 2.52. The van der Waals surface area contributed by atoms with E-state index in [4.69, 9.17) is 5.73 Å². The van der Waals surface area contributed by atoms with Crippen molar-refractivity contribution in [2.24, 2.45) is 0 Å². The van der Waals surface area contributed by atoms with Crippen LogP contribution in [0.25, 0.3) is 0 Å². The van der Waals surface area contributed by atoms with E-state index >= 15 is 0 Å². The highest BCUT2D eigenvalue weighted by Gasteiger charge is 2.47. The van der Waals surface area contributed by atoms with Crippen LogP contribution in [0.15, 0.2) is 78.6 Å². The lowest BCUT2D eigenvalue weighted by molar-refractivity contribution is 0.559. The van der Waals surface area contributed by atoms with Gasteiger partial charge in [0.25, 0.3) is 0 Å². The molecule has 2 aromatic rings. The van der Waals surface area contributed by atoms with Crippen LogP contribution in [0.2, 0.25) is 0 Å². The van der Waals surface area contributed by atoms with Crippen molar-refractivity contribution in [3.63, 3.8) is 0 Å². The fraction of sp³-hybridized carbons (Fsp3) is 0.150. The first-order valence-corrected chi connectivity index (χ1v) is 7.55. The minimum Gasteiger partial charge on any atom is -0.398 e. The summed E-state index contributed by atoms with van der Waals surface area (Å²) in [4.78, 5) is 2.36. The summed E-state index contributed by atoms with van der Waals surface area (Å²) in [5.41, 5.74) is 13.9. The van der Waals surface area contributed by atoms with Crippen molar-refractivity contribution in [3.8, 4) is 0 Å². The van der Waals surface area contributed by atoms with Crippen LogP contribution in [0.5, 0.6) is 0 Å². The first-order valence-electron chi connectivity index (χ1n) is 7.55. The number of benzene rings is 2. The van der Waals surface area contributed by atoms with E-state index in [-0.39, 0.29) is 11.5 Å². The average molecular weight is 286 g/mol. The van der Waals surface area contributed by atoms with Crippen LogP contribution in [-0.4, -0.2) is 6.04 Å². The molecule has 2 nitrogen and oxygen atoms in total. The molecule has 1 aliphatic heterocycles. The Balaban J connectivity index is 2.02. The Labute approximate surface area is 130 Å². The molecule has 2 heteroatoms. The van der Waals surface area contributed by atoms with E-state index in [9.17, 15) is 0 Å². The average Bonchev–Trinajstić information content (AvgIpc) is 2.65. The van der Waals surface area contributed by atoms with E-state index < -0.39 is 0 Å². The van der Waals surface area contributed by atoms with Crippen LogP contribution in [0.3, 0.4) is 0 Å². The molecule has 2 unspecified atom stereocenters. The van der Waals surface area contributed by atoms with E-state index in [1.54, 1.807) is 0 Å². The molecule has 0 saturated heterocycles. The largest absolute Gasteiger partial charge is 0.398 e. The van der Waals surface area contributed by atoms with Gasteiger partial charge in [-0.3, -0.25) is 0 Å². The lowest BCUT2D eigenvalue weighted by atomic mass is 9.77. The summed E-state index contributed by atoms with van der Waals surface area (Å²) in [6, 6.07) is 16.8. The molecule has 1 aliphatic carbocycles. The first-order chi connectivity index (χ1) is 10.7. The monoisotopic (exact) mass is 286 g/mol. The minimum atomic E-state index is -0.156. The first kappa shape index (κ1) is 13.0. The van der Waals surface area contributed by atoms with Crippen molar-refractivity contribution < 1.29 is 0 Å². The second-order valence-corrected chi connectivity index (χ2v) is 6.03. The number of nitrogens with zero attached hydrogens (tertiary/aromatic N) is 1. The van der Waals surface area contributed by atoms with Crippen LogP contribution in [-0.2, 0) is 5.41 Å². The Morgan fingerprint density at radius 2 is 1.91 bits per heavy atom. The third kappa shape index (κ3) is 1.68. The van der Waals surface area contributed by atoms with E-state index in [0.717, 1.165) is 5.69 Å². The maximum atomic E-state index is 6.35. The fourth-order valence-electron chi connectivity index (χ4n) is 3.68. The molecule has 0 bridgehead atoms. The zero-order valence-electron chi connectivity index (χ0n) is 12.5. The number of nitrogen functional groups attached to an aromatic ring is 1. The molecule has 22 heavy (non-hydrogen) atoms. The predicted molar refractivity (Wildman–Crippen MR) is 92.4 cm³/mol. The van der Waals surface area contributed by atoms with Gasteiger partial charge < -0.3 is 10.6 Å². The molecule has 0 aromatic heterocycles. The molecule has 0 radical (unpaired) electrons. The Bertz CT molecular complexity index is 813. The predicted octanol–water partition coefficient (Wildman–Crippen LogP) is 4.33. The maximum absolute atomic E-state index is 6.35.